The summed E-state index contributed by atoms with van der Waals surface area (Å²) >= 11 is 0. The molecule has 0 spiro atoms. The molecule has 1 atom stereocenters. The summed E-state index contributed by atoms with van der Waals surface area (Å²) in [6.07, 6.45) is 3.68. The number of hydrogen-bond acceptors (Lipinski definition) is 3. The van der Waals surface area contributed by atoms with Crippen LogP contribution >= 0.6 is 0 Å². The van der Waals surface area contributed by atoms with Crippen molar-refractivity contribution in [3.63, 3.8) is 0 Å². The number of allylic oxidation sites excluding steroid dienone is 1. The second kappa shape index (κ2) is 5.31. The highest BCUT2D eigenvalue weighted by atomic mass is 16.3. The van der Waals surface area contributed by atoms with Crippen LogP contribution in [0.15, 0.2) is 11.3 Å². The van der Waals surface area contributed by atoms with Gasteiger partial charge in [0.25, 0.3) is 0 Å². The fourth-order valence-corrected chi connectivity index (χ4v) is 2.02. The first-order chi connectivity index (χ1) is 7.04. The number of aliphatic hydroxyl groups is 2. The maximum absolute atomic E-state index is 11.8. The molecule has 0 aromatic heterocycles. The minimum Gasteiger partial charge on any atom is -0.509 e. The van der Waals surface area contributed by atoms with Crippen LogP contribution in [0.4, 0.5) is 0 Å². The van der Waals surface area contributed by atoms with Gasteiger partial charge in [0.15, 0.2) is 11.9 Å². The van der Waals surface area contributed by atoms with E-state index in [1.807, 2.05) is 0 Å². The van der Waals surface area contributed by atoms with Crippen LogP contribution in [-0.4, -0.2) is 22.1 Å². The highest BCUT2D eigenvalue weighted by Crippen LogP contribution is 2.26. The summed E-state index contributed by atoms with van der Waals surface area (Å²) in [6.45, 7) is 3.37. The van der Waals surface area contributed by atoms with E-state index in [1.165, 1.54) is 6.42 Å². The van der Waals surface area contributed by atoms with Crippen molar-refractivity contribution in [3.8, 4) is 0 Å². The number of aliphatic hydroxyl groups excluding tert-OH is 2. The van der Waals surface area contributed by atoms with Crippen molar-refractivity contribution in [1.82, 2.24) is 0 Å². The standard InChI is InChI=1S/C12H20O3/c1-8(2)10(13)12(15)11(14)9-6-4-3-5-7-9/h9,12-13,15H,3-7H2,1-2H3. The summed E-state index contributed by atoms with van der Waals surface area (Å²) < 4.78 is 0. The van der Waals surface area contributed by atoms with E-state index in [2.05, 4.69) is 0 Å². The normalized spacial score (nSPS) is 19.7. The molecule has 0 aromatic carbocycles. The number of ketones is 1. The van der Waals surface area contributed by atoms with E-state index < -0.39 is 6.10 Å². The molecule has 2 N–H and O–H groups in total. The third-order valence-corrected chi connectivity index (χ3v) is 3.05. The first-order valence-electron chi connectivity index (χ1n) is 5.62. The molecule has 3 nitrogen and oxygen atoms in total. The Morgan fingerprint density at radius 3 is 2.20 bits per heavy atom. The molecular weight excluding hydrogens is 192 g/mol. The predicted molar refractivity (Wildman–Crippen MR) is 58.6 cm³/mol. The van der Waals surface area contributed by atoms with Crippen LogP contribution in [0.1, 0.15) is 46.0 Å². The van der Waals surface area contributed by atoms with Gasteiger partial charge in [-0.25, -0.2) is 0 Å². The first-order valence-corrected chi connectivity index (χ1v) is 5.62. The number of carbonyl (C=O) groups excluding carboxylic acids is 1. The van der Waals surface area contributed by atoms with Crippen LogP contribution in [0.3, 0.4) is 0 Å². The second-order valence-electron chi connectivity index (χ2n) is 4.53. The summed E-state index contributed by atoms with van der Waals surface area (Å²) in [6, 6.07) is 0. The summed E-state index contributed by atoms with van der Waals surface area (Å²) in [5.74, 6) is -0.450. The molecule has 1 aliphatic rings. The van der Waals surface area contributed by atoms with Crippen molar-refractivity contribution in [2.24, 2.45) is 5.92 Å². The largest absolute Gasteiger partial charge is 0.509 e. The second-order valence-corrected chi connectivity index (χ2v) is 4.53. The molecule has 0 radical (unpaired) electrons. The van der Waals surface area contributed by atoms with Crippen molar-refractivity contribution in [1.29, 1.82) is 0 Å². The molecule has 1 unspecified atom stereocenters. The molecule has 15 heavy (non-hydrogen) atoms. The van der Waals surface area contributed by atoms with Gasteiger partial charge < -0.3 is 10.2 Å². The Morgan fingerprint density at radius 1 is 1.20 bits per heavy atom. The fourth-order valence-electron chi connectivity index (χ4n) is 2.02. The molecule has 0 saturated heterocycles. The van der Waals surface area contributed by atoms with Gasteiger partial charge in [0.1, 0.15) is 5.76 Å². The van der Waals surface area contributed by atoms with Crippen molar-refractivity contribution in [3.05, 3.63) is 11.3 Å². The SMILES string of the molecule is CC(C)=C(O)C(O)C(=O)C1CCCCC1. The molecule has 0 heterocycles. The lowest BCUT2D eigenvalue weighted by Crippen LogP contribution is -2.31. The highest BCUT2D eigenvalue weighted by Gasteiger charge is 2.29. The van der Waals surface area contributed by atoms with Gasteiger partial charge in [-0.05, 0) is 32.3 Å². The molecule has 3 heteroatoms. The summed E-state index contributed by atoms with van der Waals surface area (Å²) in [7, 11) is 0. The summed E-state index contributed by atoms with van der Waals surface area (Å²) in [5.41, 5.74) is 0.603. The molecule has 0 amide bonds. The molecule has 0 bridgehead atoms. The first kappa shape index (κ1) is 12.2. The Morgan fingerprint density at radius 2 is 1.73 bits per heavy atom. The third kappa shape index (κ3) is 3.06. The van der Waals surface area contributed by atoms with E-state index in [0.29, 0.717) is 5.57 Å². The Kier molecular flexibility index (Phi) is 4.33. The zero-order chi connectivity index (χ0) is 11.4. The lowest BCUT2D eigenvalue weighted by atomic mass is 9.84. The number of Topliss-reactive ketones (excluding diaryl/α,β-unsaturated/α-hetero) is 1. The van der Waals surface area contributed by atoms with Crippen molar-refractivity contribution in [2.75, 3.05) is 0 Å². The minimum absolute atomic E-state index is 0.0600. The third-order valence-electron chi connectivity index (χ3n) is 3.05. The van der Waals surface area contributed by atoms with Crippen LogP contribution in [0, 0.1) is 5.92 Å². The van der Waals surface area contributed by atoms with Crippen LogP contribution in [0.5, 0.6) is 0 Å². The van der Waals surface area contributed by atoms with Gasteiger partial charge in [-0.2, -0.15) is 0 Å². The van der Waals surface area contributed by atoms with Crippen molar-refractivity contribution < 1.29 is 15.0 Å². The Balaban J connectivity index is 2.63. The lowest BCUT2D eigenvalue weighted by molar-refractivity contribution is -0.131. The van der Waals surface area contributed by atoms with E-state index in [1.54, 1.807) is 13.8 Å². The maximum Gasteiger partial charge on any atom is 0.172 e. The molecule has 1 saturated carbocycles. The number of carbonyl (C=O) groups is 1. The molecule has 0 aromatic rings. The molecule has 0 aliphatic heterocycles. The van der Waals surface area contributed by atoms with Crippen molar-refractivity contribution >= 4 is 5.78 Å². The molecule has 1 aliphatic carbocycles. The van der Waals surface area contributed by atoms with E-state index in [0.717, 1.165) is 25.7 Å². The maximum atomic E-state index is 11.8. The molecule has 1 rings (SSSR count). The quantitative estimate of drug-likeness (QED) is 0.706. The van der Waals surface area contributed by atoms with Gasteiger partial charge >= 0.3 is 0 Å². The predicted octanol–water partition coefficient (Wildman–Crippen LogP) is 2.35. The Hall–Kier alpha value is -0.830. The average Bonchev–Trinajstić information content (AvgIpc) is 2.27. The molecule has 1 fully saturated rings. The number of rotatable bonds is 3. The van der Waals surface area contributed by atoms with Gasteiger partial charge in [0.05, 0.1) is 0 Å². The summed E-state index contributed by atoms with van der Waals surface area (Å²) in [4.78, 5) is 11.8. The lowest BCUT2D eigenvalue weighted by Gasteiger charge is -2.22. The zero-order valence-corrected chi connectivity index (χ0v) is 9.49. The smallest absolute Gasteiger partial charge is 0.172 e. The molecule has 86 valence electrons. The van der Waals surface area contributed by atoms with Gasteiger partial charge in [0, 0.05) is 5.92 Å². The number of hydrogen-bond donors (Lipinski definition) is 2. The Labute approximate surface area is 90.8 Å². The minimum atomic E-state index is -1.31. The zero-order valence-electron chi connectivity index (χ0n) is 9.49. The average molecular weight is 212 g/mol. The van der Waals surface area contributed by atoms with Gasteiger partial charge in [-0.3, -0.25) is 4.79 Å². The van der Waals surface area contributed by atoms with E-state index in [4.69, 9.17) is 0 Å². The van der Waals surface area contributed by atoms with Crippen LogP contribution < -0.4 is 0 Å². The van der Waals surface area contributed by atoms with Gasteiger partial charge in [-0.1, -0.05) is 19.3 Å². The van der Waals surface area contributed by atoms with E-state index in [9.17, 15) is 15.0 Å². The van der Waals surface area contributed by atoms with Crippen LogP contribution in [0.2, 0.25) is 0 Å². The van der Waals surface area contributed by atoms with Gasteiger partial charge in [-0.15, -0.1) is 0 Å². The fraction of sp³-hybridized carbons (Fsp3) is 0.750. The topological polar surface area (TPSA) is 57.5 Å². The molecular formula is C12H20O3. The monoisotopic (exact) mass is 212 g/mol. The summed E-state index contributed by atoms with van der Waals surface area (Å²) in [5, 5.41) is 19.2. The van der Waals surface area contributed by atoms with E-state index in [-0.39, 0.29) is 17.5 Å². The van der Waals surface area contributed by atoms with Gasteiger partial charge in [0.2, 0.25) is 0 Å². The van der Waals surface area contributed by atoms with Crippen LogP contribution in [-0.2, 0) is 4.79 Å². The Bertz CT molecular complexity index is 258. The van der Waals surface area contributed by atoms with E-state index >= 15 is 0 Å². The van der Waals surface area contributed by atoms with Crippen molar-refractivity contribution in [2.45, 2.75) is 52.1 Å². The van der Waals surface area contributed by atoms with Crippen LogP contribution in [0.25, 0.3) is 0 Å². The highest BCUT2D eigenvalue weighted by molar-refractivity contribution is 5.87.